The molecule has 13 aromatic rings. The first kappa shape index (κ1) is 46.3. The fraction of sp³-hybridized carbons (Fsp3) is 0.0423. The van der Waals surface area contributed by atoms with Crippen molar-refractivity contribution in [1.29, 1.82) is 0 Å². The summed E-state index contributed by atoms with van der Waals surface area (Å²) in [6.45, 7) is 4.76. The number of hydrogen-bond acceptors (Lipinski definition) is 6. The first-order valence-corrected chi connectivity index (χ1v) is 27.7. The zero-order valence-corrected chi connectivity index (χ0v) is 44.1. The molecule has 0 unspecified atom stereocenters. The Morgan fingerprint density at radius 2 is 0.636 bits per heavy atom. The average Bonchev–Trinajstić information content (AvgIpc) is 4.32. The normalized spacial score (nSPS) is 12.4. The summed E-state index contributed by atoms with van der Waals surface area (Å²) in [4.78, 5) is 14.7. The Morgan fingerprint density at radius 3 is 1.13 bits per heavy atom. The molecule has 0 saturated carbocycles. The standard InChI is InChI=1S/C71H50N4S2/c1-71(2)63-45-54(49-27-34-55(35-28-49)74(58-21-13-19-52(43-58)47-15-5-3-6-16-47)56-36-29-50(30-37-56)69-72-65-23-9-11-25-67(65)76-69)33-41-61(63)62-42-40-60(46-64(62)71)75(59-22-14-20-53(44-59)48-17-7-4-8-18-48)57-38-31-51(32-39-57)70-73-66-24-10-12-26-68(66)77-70/h3-46H,1-2H3. The number of aromatic nitrogens is 2. The molecule has 14 rings (SSSR count). The van der Waals surface area contributed by atoms with E-state index >= 15 is 0 Å². The van der Waals surface area contributed by atoms with Crippen molar-refractivity contribution in [2.75, 3.05) is 9.80 Å². The van der Waals surface area contributed by atoms with Crippen LogP contribution in [0.2, 0.25) is 0 Å². The molecule has 0 amide bonds. The summed E-state index contributed by atoms with van der Waals surface area (Å²) in [5.74, 6) is 0. The van der Waals surface area contributed by atoms with Crippen molar-refractivity contribution in [1.82, 2.24) is 9.97 Å². The molecule has 0 atom stereocenters. The second-order valence-corrected chi connectivity index (χ2v) is 22.3. The van der Waals surface area contributed by atoms with E-state index in [9.17, 15) is 0 Å². The molecule has 0 fully saturated rings. The van der Waals surface area contributed by atoms with Gasteiger partial charge >= 0.3 is 0 Å². The Morgan fingerprint density at radius 1 is 0.286 bits per heavy atom. The van der Waals surface area contributed by atoms with E-state index in [1.807, 2.05) is 0 Å². The van der Waals surface area contributed by atoms with E-state index in [1.165, 1.54) is 65.0 Å². The van der Waals surface area contributed by atoms with Gasteiger partial charge < -0.3 is 9.80 Å². The SMILES string of the molecule is CC1(C)c2cc(-c3ccc(N(c4ccc(-c5nc6ccccc6s5)cc4)c4cccc(-c5ccccc5)c4)cc3)ccc2-c2ccc(N(c3ccc(-c4nc5ccccc5s4)cc3)c3cccc(-c4ccccc4)c3)cc21. The molecule has 2 heterocycles. The molecule has 1 aliphatic carbocycles. The summed E-state index contributed by atoms with van der Waals surface area (Å²) in [7, 11) is 0. The van der Waals surface area contributed by atoms with Gasteiger partial charge in [-0.2, -0.15) is 0 Å². The van der Waals surface area contributed by atoms with Gasteiger partial charge in [0, 0.05) is 50.7 Å². The Balaban J connectivity index is 0.796. The largest absolute Gasteiger partial charge is 0.310 e. The van der Waals surface area contributed by atoms with Gasteiger partial charge in [-0.25, -0.2) is 9.97 Å². The molecule has 4 nitrogen and oxygen atoms in total. The maximum Gasteiger partial charge on any atom is 0.124 e. The van der Waals surface area contributed by atoms with E-state index in [4.69, 9.17) is 9.97 Å². The molecule has 1 aliphatic rings. The van der Waals surface area contributed by atoms with Crippen molar-refractivity contribution < 1.29 is 0 Å². The maximum absolute atomic E-state index is 4.98. The molecule has 0 saturated heterocycles. The summed E-state index contributed by atoms with van der Waals surface area (Å²) in [5, 5.41) is 2.05. The molecule has 2 aromatic heterocycles. The lowest BCUT2D eigenvalue weighted by atomic mass is 9.81. The molecule has 0 N–H and O–H groups in total. The monoisotopic (exact) mass is 1020 g/mol. The van der Waals surface area contributed by atoms with Crippen molar-refractivity contribution >= 4 is 77.2 Å². The van der Waals surface area contributed by atoms with E-state index in [-0.39, 0.29) is 5.41 Å². The third-order valence-electron chi connectivity index (χ3n) is 15.1. The highest BCUT2D eigenvalue weighted by Crippen LogP contribution is 2.52. The summed E-state index contributed by atoms with van der Waals surface area (Å²) >= 11 is 3.47. The number of nitrogens with zero attached hydrogens (tertiary/aromatic N) is 4. The zero-order valence-electron chi connectivity index (χ0n) is 42.5. The highest BCUT2D eigenvalue weighted by atomic mass is 32.1. The number of fused-ring (bicyclic) bond motifs is 5. The topological polar surface area (TPSA) is 32.3 Å². The van der Waals surface area contributed by atoms with Crippen LogP contribution in [0.4, 0.5) is 34.1 Å². The van der Waals surface area contributed by atoms with Gasteiger partial charge in [0.1, 0.15) is 10.0 Å². The minimum absolute atomic E-state index is 0.261. The van der Waals surface area contributed by atoms with Gasteiger partial charge in [0.05, 0.1) is 20.4 Å². The molecule has 0 aliphatic heterocycles. The number of thiazole rings is 2. The van der Waals surface area contributed by atoms with Crippen LogP contribution in [0.5, 0.6) is 0 Å². The van der Waals surface area contributed by atoms with E-state index in [1.54, 1.807) is 22.7 Å². The lowest BCUT2D eigenvalue weighted by Crippen LogP contribution is -2.16. The Kier molecular flexibility index (Phi) is 11.5. The van der Waals surface area contributed by atoms with Crippen LogP contribution in [-0.4, -0.2) is 9.97 Å². The van der Waals surface area contributed by atoms with Crippen LogP contribution in [0.1, 0.15) is 25.0 Å². The van der Waals surface area contributed by atoms with Crippen LogP contribution in [0.25, 0.3) is 86.1 Å². The third kappa shape index (κ3) is 8.58. The van der Waals surface area contributed by atoms with Gasteiger partial charge in [-0.3, -0.25) is 0 Å². The number of anilines is 6. The van der Waals surface area contributed by atoms with E-state index < -0.39 is 0 Å². The fourth-order valence-electron chi connectivity index (χ4n) is 11.1. The van der Waals surface area contributed by atoms with Crippen LogP contribution < -0.4 is 9.80 Å². The first-order chi connectivity index (χ1) is 37.9. The average molecular weight is 1020 g/mol. The second kappa shape index (κ2) is 19.2. The van der Waals surface area contributed by atoms with E-state index in [0.717, 1.165) is 66.3 Å². The second-order valence-electron chi connectivity index (χ2n) is 20.2. The van der Waals surface area contributed by atoms with E-state index in [0.29, 0.717) is 0 Å². The van der Waals surface area contributed by atoms with Crippen molar-refractivity contribution in [3.63, 3.8) is 0 Å². The molecule has 11 aromatic carbocycles. The summed E-state index contributed by atoms with van der Waals surface area (Å²) in [6.07, 6.45) is 0. The number of hydrogen-bond donors (Lipinski definition) is 0. The molecule has 6 heteroatoms. The fourth-order valence-corrected chi connectivity index (χ4v) is 13.1. The van der Waals surface area contributed by atoms with Crippen LogP contribution in [0, 0.1) is 0 Å². The number of para-hydroxylation sites is 2. The highest BCUT2D eigenvalue weighted by Gasteiger charge is 2.36. The van der Waals surface area contributed by atoms with Crippen molar-refractivity contribution in [3.05, 3.63) is 278 Å². The van der Waals surface area contributed by atoms with Gasteiger partial charge in [0.2, 0.25) is 0 Å². The van der Waals surface area contributed by atoms with Gasteiger partial charge in [0.25, 0.3) is 0 Å². The van der Waals surface area contributed by atoms with E-state index in [2.05, 4.69) is 291 Å². The molecule has 77 heavy (non-hydrogen) atoms. The predicted octanol–water partition coefficient (Wildman–Crippen LogP) is 20.5. The number of rotatable bonds is 11. The van der Waals surface area contributed by atoms with Crippen LogP contribution in [-0.2, 0) is 5.41 Å². The molecular weight excluding hydrogens is 973 g/mol. The third-order valence-corrected chi connectivity index (χ3v) is 17.3. The lowest BCUT2D eigenvalue weighted by Gasteiger charge is -2.28. The van der Waals surface area contributed by atoms with Gasteiger partial charge in [-0.05, 0) is 183 Å². The highest BCUT2D eigenvalue weighted by molar-refractivity contribution is 7.22. The van der Waals surface area contributed by atoms with Crippen LogP contribution in [0.15, 0.2) is 267 Å². The van der Waals surface area contributed by atoms with Gasteiger partial charge in [0.15, 0.2) is 0 Å². The summed E-state index contributed by atoms with van der Waals surface area (Å²) in [5.41, 5.74) is 22.9. The van der Waals surface area contributed by atoms with Crippen molar-refractivity contribution in [2.45, 2.75) is 19.3 Å². The van der Waals surface area contributed by atoms with Crippen molar-refractivity contribution in [2.24, 2.45) is 0 Å². The first-order valence-electron chi connectivity index (χ1n) is 26.1. The lowest BCUT2D eigenvalue weighted by molar-refractivity contribution is 0.660. The Hall–Kier alpha value is -9.20. The molecular formula is C71H50N4S2. The van der Waals surface area contributed by atoms with Gasteiger partial charge in [-0.15, -0.1) is 22.7 Å². The summed E-state index contributed by atoms with van der Waals surface area (Å²) in [6, 6.07) is 96.7. The predicted molar refractivity (Wildman–Crippen MR) is 327 cm³/mol. The molecule has 0 spiro atoms. The van der Waals surface area contributed by atoms with Crippen LogP contribution in [0.3, 0.4) is 0 Å². The smallest absolute Gasteiger partial charge is 0.124 e. The Bertz CT molecular complexity index is 4230. The zero-order chi connectivity index (χ0) is 51.5. The maximum atomic E-state index is 4.98. The molecule has 366 valence electrons. The van der Waals surface area contributed by atoms with Crippen LogP contribution >= 0.6 is 22.7 Å². The minimum atomic E-state index is -0.261. The minimum Gasteiger partial charge on any atom is -0.310 e. The van der Waals surface area contributed by atoms with Crippen molar-refractivity contribution in [3.8, 4) is 65.6 Å². The molecule has 0 bridgehead atoms. The Labute approximate surface area is 457 Å². The quantitative estimate of drug-likeness (QED) is 0.129. The summed E-state index contributed by atoms with van der Waals surface area (Å²) < 4.78 is 2.39. The molecule has 0 radical (unpaired) electrons. The van der Waals surface area contributed by atoms with Gasteiger partial charge in [-0.1, -0.05) is 153 Å². The number of benzene rings is 11.